The predicted molar refractivity (Wildman–Crippen MR) is 184 cm³/mol. The number of hydrogen-bond donors (Lipinski definition) is 3. The van der Waals surface area contributed by atoms with Crippen molar-refractivity contribution in [1.29, 1.82) is 0 Å². The van der Waals surface area contributed by atoms with E-state index >= 15 is 0 Å². The Bertz CT molecular complexity index is 2010. The van der Waals surface area contributed by atoms with Gasteiger partial charge in [-0.05, 0) is 53.1 Å². The number of anilines is 1. The Morgan fingerprint density at radius 3 is 1.98 bits per heavy atom. The maximum Gasteiger partial charge on any atom is 0.258 e. The Morgan fingerprint density at radius 2 is 1.38 bits per heavy atom. The van der Waals surface area contributed by atoms with E-state index < -0.39 is 30.1 Å². The summed E-state index contributed by atoms with van der Waals surface area (Å²) in [6, 6.07) is 33.6. The lowest BCUT2D eigenvalue weighted by molar-refractivity contribution is -0.0942. The molecule has 4 aromatic carbocycles. The number of amides is 1. The van der Waals surface area contributed by atoms with Gasteiger partial charge < -0.3 is 29.2 Å². The summed E-state index contributed by atoms with van der Waals surface area (Å²) in [7, 11) is 3.22. The third-order valence-corrected chi connectivity index (χ3v) is 8.83. The highest BCUT2D eigenvalue weighted by molar-refractivity contribution is 6.03. The molecule has 254 valence electrons. The first-order valence-corrected chi connectivity index (χ1v) is 16.0. The second-order valence-corrected chi connectivity index (χ2v) is 11.7. The van der Waals surface area contributed by atoms with E-state index in [1.807, 2.05) is 84.9 Å². The highest BCUT2D eigenvalue weighted by atomic mass is 16.6. The molecule has 12 heteroatoms. The first-order chi connectivity index (χ1) is 24.4. The minimum absolute atomic E-state index is 0.0487. The van der Waals surface area contributed by atoms with Crippen molar-refractivity contribution in [3.05, 3.63) is 144 Å². The average Bonchev–Trinajstić information content (AvgIpc) is 3.71. The quantitative estimate of drug-likeness (QED) is 0.165. The van der Waals surface area contributed by atoms with Crippen LogP contribution in [-0.2, 0) is 15.1 Å². The van der Waals surface area contributed by atoms with Gasteiger partial charge in [0, 0.05) is 5.56 Å². The van der Waals surface area contributed by atoms with E-state index in [0.29, 0.717) is 28.2 Å². The number of hydrogen-bond acceptors (Lipinski definition) is 10. The van der Waals surface area contributed by atoms with Crippen molar-refractivity contribution >= 4 is 23.0 Å². The summed E-state index contributed by atoms with van der Waals surface area (Å²) in [5.41, 5.74) is 2.45. The van der Waals surface area contributed by atoms with E-state index in [9.17, 15) is 15.0 Å². The molecule has 3 heterocycles. The van der Waals surface area contributed by atoms with E-state index in [4.69, 9.17) is 18.9 Å². The van der Waals surface area contributed by atoms with E-state index in [2.05, 4.69) is 20.3 Å². The van der Waals surface area contributed by atoms with E-state index in [-0.39, 0.29) is 18.5 Å². The van der Waals surface area contributed by atoms with Crippen molar-refractivity contribution < 1.29 is 34.0 Å². The van der Waals surface area contributed by atoms with Crippen LogP contribution in [0, 0.1) is 0 Å². The fourth-order valence-corrected chi connectivity index (χ4v) is 6.21. The number of nitrogens with one attached hydrogen (secondary N) is 1. The fraction of sp³-hybridized carbons (Fsp3) is 0.211. The summed E-state index contributed by atoms with van der Waals surface area (Å²) in [4.78, 5) is 25.8. The van der Waals surface area contributed by atoms with Crippen molar-refractivity contribution in [2.75, 3.05) is 26.1 Å². The van der Waals surface area contributed by atoms with E-state index in [1.165, 1.54) is 17.1 Å². The Hall–Kier alpha value is -5.66. The van der Waals surface area contributed by atoms with E-state index in [1.54, 1.807) is 38.5 Å². The molecule has 1 fully saturated rings. The van der Waals surface area contributed by atoms with Crippen LogP contribution < -0.4 is 14.8 Å². The molecule has 7 rings (SSSR count). The van der Waals surface area contributed by atoms with Gasteiger partial charge in [0.05, 0.1) is 33.4 Å². The van der Waals surface area contributed by atoms with Crippen LogP contribution in [0.5, 0.6) is 11.5 Å². The minimum Gasteiger partial charge on any atom is -0.497 e. The van der Waals surface area contributed by atoms with Gasteiger partial charge in [-0.15, -0.1) is 0 Å². The molecule has 0 saturated carbocycles. The zero-order valence-corrected chi connectivity index (χ0v) is 27.3. The van der Waals surface area contributed by atoms with Crippen LogP contribution in [0.3, 0.4) is 0 Å². The molecule has 12 nitrogen and oxygen atoms in total. The van der Waals surface area contributed by atoms with Gasteiger partial charge in [0.1, 0.15) is 40.9 Å². The molecule has 2 aromatic heterocycles. The Morgan fingerprint density at radius 1 is 0.800 bits per heavy atom. The van der Waals surface area contributed by atoms with Crippen LogP contribution in [0.2, 0.25) is 0 Å². The van der Waals surface area contributed by atoms with Crippen LogP contribution in [0.1, 0.15) is 33.3 Å². The summed E-state index contributed by atoms with van der Waals surface area (Å²) >= 11 is 0. The number of nitrogens with zero attached hydrogens (tertiary/aromatic N) is 4. The number of carbonyl (C=O) groups excluding carboxylic acids is 1. The smallest absolute Gasteiger partial charge is 0.258 e. The monoisotopic (exact) mass is 673 g/mol. The SMILES string of the molecule is COc1ccc(C(OC[C@H]2O[C@@H](n3cnc4cnc(NC(=O)c5ccccc5)nc43)C(O)[C@H]2O)(c2ccccc2)c2ccc(OC)cc2)cc1. The molecule has 50 heavy (non-hydrogen) atoms. The molecule has 1 saturated heterocycles. The largest absolute Gasteiger partial charge is 0.497 e. The van der Waals surface area contributed by atoms with Gasteiger partial charge in [-0.1, -0.05) is 72.8 Å². The number of carbonyl (C=O) groups is 1. The van der Waals surface area contributed by atoms with Gasteiger partial charge in [-0.2, -0.15) is 4.98 Å². The third kappa shape index (κ3) is 6.16. The summed E-state index contributed by atoms with van der Waals surface area (Å²) in [6.45, 7) is -0.109. The molecule has 0 spiro atoms. The van der Waals surface area contributed by atoms with Crippen molar-refractivity contribution in [3.63, 3.8) is 0 Å². The van der Waals surface area contributed by atoms with Crippen molar-refractivity contribution in [2.45, 2.75) is 30.1 Å². The summed E-state index contributed by atoms with van der Waals surface area (Å²) in [5, 5.41) is 25.3. The predicted octanol–water partition coefficient (Wildman–Crippen LogP) is 4.72. The van der Waals surface area contributed by atoms with Crippen molar-refractivity contribution in [3.8, 4) is 11.5 Å². The molecule has 1 amide bonds. The first-order valence-electron chi connectivity index (χ1n) is 16.0. The van der Waals surface area contributed by atoms with Gasteiger partial charge in [-0.25, -0.2) is 9.97 Å². The molecule has 0 aliphatic carbocycles. The summed E-state index contributed by atoms with van der Waals surface area (Å²) < 4.78 is 25.6. The zero-order valence-electron chi connectivity index (χ0n) is 27.3. The fourth-order valence-electron chi connectivity index (χ4n) is 6.21. The second-order valence-electron chi connectivity index (χ2n) is 11.7. The highest BCUT2D eigenvalue weighted by Gasteiger charge is 2.47. The van der Waals surface area contributed by atoms with Crippen LogP contribution in [0.15, 0.2) is 122 Å². The maximum atomic E-state index is 12.8. The maximum absolute atomic E-state index is 12.8. The van der Waals surface area contributed by atoms with Crippen LogP contribution in [0.4, 0.5) is 5.95 Å². The minimum atomic E-state index is -1.36. The first kappa shape index (κ1) is 32.9. The molecule has 0 bridgehead atoms. The summed E-state index contributed by atoms with van der Waals surface area (Å²) in [6.07, 6.45) is -1.77. The number of methoxy groups -OCH3 is 2. The highest BCUT2D eigenvalue weighted by Crippen LogP contribution is 2.43. The van der Waals surface area contributed by atoms with E-state index in [0.717, 1.165) is 16.7 Å². The number of aliphatic hydroxyl groups is 2. The van der Waals surface area contributed by atoms with Crippen LogP contribution >= 0.6 is 0 Å². The normalized spacial score (nSPS) is 19.0. The van der Waals surface area contributed by atoms with Crippen LogP contribution in [-0.4, -0.2) is 74.8 Å². The number of imidazole rings is 1. The number of fused-ring (bicyclic) bond motifs is 1. The topological polar surface area (TPSA) is 150 Å². The molecule has 1 aliphatic rings. The Balaban J connectivity index is 1.20. The Labute approximate surface area is 287 Å². The third-order valence-electron chi connectivity index (χ3n) is 8.83. The Kier molecular flexibility index (Phi) is 9.24. The van der Waals surface area contributed by atoms with Gasteiger partial charge in [0.25, 0.3) is 5.91 Å². The number of benzene rings is 4. The number of aromatic nitrogens is 4. The van der Waals surface area contributed by atoms with Crippen molar-refractivity contribution in [1.82, 2.24) is 19.5 Å². The molecule has 1 unspecified atom stereocenters. The molecule has 0 radical (unpaired) electrons. The summed E-state index contributed by atoms with van der Waals surface area (Å²) in [5.74, 6) is 1.04. The molecular formula is C38H35N5O7. The van der Waals surface area contributed by atoms with Crippen molar-refractivity contribution in [2.24, 2.45) is 0 Å². The lowest BCUT2D eigenvalue weighted by Gasteiger charge is -2.37. The average molecular weight is 674 g/mol. The number of aliphatic hydroxyl groups excluding tert-OH is 2. The second kappa shape index (κ2) is 14.1. The molecule has 4 atom stereocenters. The van der Waals surface area contributed by atoms with Gasteiger partial charge >= 0.3 is 0 Å². The molecule has 3 N–H and O–H groups in total. The van der Waals surface area contributed by atoms with Gasteiger partial charge in [0.2, 0.25) is 5.95 Å². The number of rotatable bonds is 11. The lowest BCUT2D eigenvalue weighted by Crippen LogP contribution is -2.39. The van der Waals surface area contributed by atoms with Gasteiger partial charge in [-0.3, -0.25) is 14.7 Å². The molecule has 1 aliphatic heterocycles. The standard InChI is InChI=1S/C38H35N5O7/c1-47-28-17-13-26(14-18-28)38(25-11-7-4-8-12-25,27-15-19-29(48-2)20-16-27)49-22-31-32(44)33(45)36(50-31)43-23-40-30-21-39-37(41-34(30)43)42-35(46)24-9-5-3-6-10-24/h3-21,23,31-33,36,44-45H,22H2,1-2H3,(H,39,41,42,46)/t31-,32+,33?,36-/m1/s1. The number of ether oxygens (including phenoxy) is 4. The van der Waals surface area contributed by atoms with Crippen LogP contribution in [0.25, 0.3) is 11.2 Å². The molecular weight excluding hydrogens is 638 g/mol. The zero-order chi connectivity index (χ0) is 34.7. The van der Waals surface area contributed by atoms with Gasteiger partial charge in [0.15, 0.2) is 11.9 Å². The lowest BCUT2D eigenvalue weighted by atomic mass is 9.80. The molecule has 6 aromatic rings.